The average molecular weight is 283 g/mol. The SMILES string of the molecule is CC1=CCCN1CCCCO.I. The van der Waals surface area contributed by atoms with E-state index in [0.29, 0.717) is 6.61 Å². The first-order valence-corrected chi connectivity index (χ1v) is 4.37. The molecule has 0 aliphatic carbocycles. The molecule has 1 heterocycles. The molecule has 72 valence electrons. The largest absolute Gasteiger partial charge is 0.396 e. The van der Waals surface area contributed by atoms with Crippen molar-refractivity contribution in [2.24, 2.45) is 0 Å². The lowest BCUT2D eigenvalue weighted by atomic mass is 10.3. The number of aliphatic hydroxyl groups is 1. The Morgan fingerprint density at radius 3 is 2.75 bits per heavy atom. The van der Waals surface area contributed by atoms with Gasteiger partial charge in [0, 0.05) is 25.4 Å². The van der Waals surface area contributed by atoms with Gasteiger partial charge in [0.25, 0.3) is 0 Å². The van der Waals surface area contributed by atoms with Crippen molar-refractivity contribution in [3.63, 3.8) is 0 Å². The van der Waals surface area contributed by atoms with Crippen molar-refractivity contribution < 1.29 is 5.11 Å². The van der Waals surface area contributed by atoms with Gasteiger partial charge in [-0.05, 0) is 26.2 Å². The van der Waals surface area contributed by atoms with Gasteiger partial charge in [-0.25, -0.2) is 0 Å². The van der Waals surface area contributed by atoms with Gasteiger partial charge in [-0.2, -0.15) is 0 Å². The average Bonchev–Trinajstić information content (AvgIpc) is 2.37. The summed E-state index contributed by atoms with van der Waals surface area (Å²) in [5, 5.41) is 8.57. The Balaban J connectivity index is 0.00000121. The van der Waals surface area contributed by atoms with E-state index in [4.69, 9.17) is 5.11 Å². The van der Waals surface area contributed by atoms with Crippen molar-refractivity contribution in [2.45, 2.75) is 26.2 Å². The zero-order valence-electron chi connectivity index (χ0n) is 7.62. The lowest BCUT2D eigenvalue weighted by Gasteiger charge is -2.19. The smallest absolute Gasteiger partial charge is 0.0431 e. The Hall–Kier alpha value is 0.230. The van der Waals surface area contributed by atoms with Crippen LogP contribution in [-0.4, -0.2) is 29.7 Å². The highest BCUT2D eigenvalue weighted by Crippen LogP contribution is 2.13. The van der Waals surface area contributed by atoms with E-state index >= 15 is 0 Å². The van der Waals surface area contributed by atoms with Crippen LogP contribution in [0.5, 0.6) is 0 Å². The molecule has 0 bridgehead atoms. The fraction of sp³-hybridized carbons (Fsp3) is 0.778. The van der Waals surface area contributed by atoms with Crippen molar-refractivity contribution in [3.8, 4) is 0 Å². The minimum Gasteiger partial charge on any atom is -0.396 e. The molecule has 0 saturated heterocycles. The molecule has 3 heteroatoms. The summed E-state index contributed by atoms with van der Waals surface area (Å²) >= 11 is 0. The highest BCUT2D eigenvalue weighted by atomic mass is 127. The third-order valence-corrected chi connectivity index (χ3v) is 2.17. The number of hydrogen-bond acceptors (Lipinski definition) is 2. The van der Waals surface area contributed by atoms with E-state index in [9.17, 15) is 0 Å². The first-order chi connectivity index (χ1) is 5.34. The van der Waals surface area contributed by atoms with E-state index < -0.39 is 0 Å². The highest BCUT2D eigenvalue weighted by Gasteiger charge is 2.08. The lowest BCUT2D eigenvalue weighted by molar-refractivity contribution is 0.270. The highest BCUT2D eigenvalue weighted by molar-refractivity contribution is 14.0. The second-order valence-electron chi connectivity index (χ2n) is 3.05. The monoisotopic (exact) mass is 283 g/mol. The quantitative estimate of drug-likeness (QED) is 0.630. The molecule has 1 aliphatic heterocycles. The Labute approximate surface area is 91.7 Å². The Morgan fingerprint density at radius 2 is 2.25 bits per heavy atom. The molecular weight excluding hydrogens is 265 g/mol. The summed E-state index contributed by atoms with van der Waals surface area (Å²) in [6, 6.07) is 0. The molecule has 0 aromatic rings. The number of unbranched alkanes of at least 4 members (excludes halogenated alkanes) is 1. The summed E-state index contributed by atoms with van der Waals surface area (Å²) in [6.45, 7) is 4.78. The predicted molar refractivity (Wildman–Crippen MR) is 61.7 cm³/mol. The number of aliphatic hydroxyl groups excluding tert-OH is 1. The normalized spacial score (nSPS) is 15.8. The van der Waals surface area contributed by atoms with Crippen molar-refractivity contribution >= 4 is 24.0 Å². The Kier molecular flexibility index (Phi) is 6.84. The van der Waals surface area contributed by atoms with Crippen molar-refractivity contribution in [1.29, 1.82) is 0 Å². The maximum Gasteiger partial charge on any atom is 0.0431 e. The molecule has 0 fully saturated rings. The Bertz CT molecular complexity index is 147. The van der Waals surface area contributed by atoms with Gasteiger partial charge in [-0.15, -0.1) is 24.0 Å². The third-order valence-electron chi connectivity index (χ3n) is 2.17. The zero-order chi connectivity index (χ0) is 8.10. The number of halogens is 1. The fourth-order valence-electron chi connectivity index (χ4n) is 1.44. The van der Waals surface area contributed by atoms with Gasteiger partial charge in [-0.1, -0.05) is 6.08 Å². The van der Waals surface area contributed by atoms with Crippen LogP contribution < -0.4 is 0 Å². The van der Waals surface area contributed by atoms with Gasteiger partial charge in [-0.3, -0.25) is 0 Å². The van der Waals surface area contributed by atoms with Gasteiger partial charge in [0.15, 0.2) is 0 Å². The second kappa shape index (κ2) is 6.71. The fourth-order valence-corrected chi connectivity index (χ4v) is 1.44. The lowest BCUT2D eigenvalue weighted by Crippen LogP contribution is -2.19. The first kappa shape index (κ1) is 12.2. The molecule has 1 N–H and O–H groups in total. The molecule has 0 aromatic heterocycles. The topological polar surface area (TPSA) is 23.5 Å². The summed E-state index contributed by atoms with van der Waals surface area (Å²) < 4.78 is 0. The molecule has 0 aromatic carbocycles. The van der Waals surface area contributed by atoms with E-state index in [0.717, 1.165) is 19.4 Å². The molecule has 0 saturated carbocycles. The van der Waals surface area contributed by atoms with Gasteiger partial charge in [0.05, 0.1) is 0 Å². The summed E-state index contributed by atoms with van der Waals surface area (Å²) in [5.41, 5.74) is 1.41. The summed E-state index contributed by atoms with van der Waals surface area (Å²) in [6.07, 6.45) is 5.52. The van der Waals surface area contributed by atoms with E-state index in [1.807, 2.05) is 0 Å². The maximum absolute atomic E-state index is 8.57. The predicted octanol–water partition coefficient (Wildman–Crippen LogP) is 1.99. The van der Waals surface area contributed by atoms with Crippen molar-refractivity contribution in [1.82, 2.24) is 4.90 Å². The van der Waals surface area contributed by atoms with Crippen LogP contribution in [0.3, 0.4) is 0 Å². The minimum atomic E-state index is 0. The number of nitrogens with zero attached hydrogens (tertiary/aromatic N) is 1. The third kappa shape index (κ3) is 3.76. The summed E-state index contributed by atoms with van der Waals surface area (Å²) in [5.74, 6) is 0. The van der Waals surface area contributed by atoms with Crippen LogP contribution in [0.25, 0.3) is 0 Å². The summed E-state index contributed by atoms with van der Waals surface area (Å²) in [4.78, 5) is 2.38. The molecule has 1 rings (SSSR count). The van der Waals surface area contributed by atoms with Crippen LogP contribution >= 0.6 is 24.0 Å². The minimum absolute atomic E-state index is 0. The molecular formula is C9H18INO. The van der Waals surface area contributed by atoms with Gasteiger partial charge in [0.1, 0.15) is 0 Å². The standard InChI is InChI=1S/C9H17NO.HI/c1-9-5-4-7-10(9)6-2-3-8-11;/h5,11H,2-4,6-8H2,1H3;1H. The molecule has 0 atom stereocenters. The molecule has 0 spiro atoms. The molecule has 0 radical (unpaired) electrons. The van der Waals surface area contributed by atoms with E-state index in [1.165, 1.54) is 18.7 Å². The van der Waals surface area contributed by atoms with Crippen molar-refractivity contribution in [2.75, 3.05) is 19.7 Å². The summed E-state index contributed by atoms with van der Waals surface area (Å²) in [7, 11) is 0. The molecule has 1 aliphatic rings. The van der Waals surface area contributed by atoms with Gasteiger partial charge >= 0.3 is 0 Å². The van der Waals surface area contributed by atoms with Crippen molar-refractivity contribution in [3.05, 3.63) is 11.8 Å². The Morgan fingerprint density at radius 1 is 1.50 bits per heavy atom. The van der Waals surface area contributed by atoms with E-state index in [2.05, 4.69) is 17.9 Å². The van der Waals surface area contributed by atoms with E-state index in [-0.39, 0.29) is 24.0 Å². The second-order valence-corrected chi connectivity index (χ2v) is 3.05. The van der Waals surface area contributed by atoms with Crippen LogP contribution in [0, 0.1) is 0 Å². The van der Waals surface area contributed by atoms with E-state index in [1.54, 1.807) is 0 Å². The molecule has 2 nitrogen and oxygen atoms in total. The number of rotatable bonds is 4. The number of hydrogen-bond donors (Lipinski definition) is 1. The molecule has 0 unspecified atom stereocenters. The van der Waals surface area contributed by atoms with Crippen LogP contribution in [0.15, 0.2) is 11.8 Å². The first-order valence-electron chi connectivity index (χ1n) is 4.37. The number of allylic oxidation sites excluding steroid dienone is 1. The van der Waals surface area contributed by atoms with Crippen LogP contribution in [-0.2, 0) is 0 Å². The van der Waals surface area contributed by atoms with Crippen LogP contribution in [0.2, 0.25) is 0 Å². The van der Waals surface area contributed by atoms with Gasteiger partial charge < -0.3 is 10.0 Å². The van der Waals surface area contributed by atoms with Crippen LogP contribution in [0.1, 0.15) is 26.2 Å². The van der Waals surface area contributed by atoms with Gasteiger partial charge in [0.2, 0.25) is 0 Å². The molecule has 0 amide bonds. The molecule has 12 heavy (non-hydrogen) atoms. The maximum atomic E-state index is 8.57. The van der Waals surface area contributed by atoms with Crippen LogP contribution in [0.4, 0.5) is 0 Å². The zero-order valence-corrected chi connectivity index (χ0v) is 9.95.